The highest BCUT2D eigenvalue weighted by Gasteiger charge is 2.58. The molecule has 1 amide bonds. The summed E-state index contributed by atoms with van der Waals surface area (Å²) >= 11 is 3.43. The number of hydrogen-bond donors (Lipinski definition) is 0. The van der Waals surface area contributed by atoms with Crippen molar-refractivity contribution in [3.05, 3.63) is 33.8 Å². The molecule has 0 heterocycles. The number of Topliss-reactive ketones (excluding diaryl/α,β-unsaturated/α-hetero) is 1. The molecule has 1 saturated carbocycles. The number of aryl methyl sites for hydroxylation is 1. The fourth-order valence-electron chi connectivity index (χ4n) is 3.44. The zero-order valence-corrected chi connectivity index (χ0v) is 18.3. The number of ketones is 1. The van der Waals surface area contributed by atoms with Gasteiger partial charge in [0.2, 0.25) is 5.78 Å². The Morgan fingerprint density at radius 3 is 2.54 bits per heavy atom. The molecule has 1 aromatic rings. The van der Waals surface area contributed by atoms with Crippen molar-refractivity contribution in [3.8, 4) is 0 Å². The van der Waals surface area contributed by atoms with Crippen LogP contribution in [0.15, 0.2) is 22.7 Å². The molecule has 0 aliphatic heterocycles. The molecule has 6 nitrogen and oxygen atoms in total. The normalized spacial score (nSPS) is 20.6. The van der Waals surface area contributed by atoms with Crippen LogP contribution in [0.25, 0.3) is 0 Å². The van der Waals surface area contributed by atoms with Crippen molar-refractivity contribution < 1.29 is 23.9 Å². The van der Waals surface area contributed by atoms with Crippen LogP contribution in [-0.2, 0) is 20.7 Å². The fraction of sp³-hybridized carbons (Fsp3) is 0.571. The Hall–Kier alpha value is -1.89. The minimum Gasteiger partial charge on any atom is -0.452 e. The third kappa shape index (κ3) is 4.24. The second-order valence-electron chi connectivity index (χ2n) is 8.52. The fourth-order valence-corrected chi connectivity index (χ4v) is 3.85. The molecule has 3 rings (SSSR count). The van der Waals surface area contributed by atoms with Crippen molar-refractivity contribution in [2.75, 3.05) is 7.05 Å². The molecule has 0 bridgehead atoms. The molecule has 152 valence electrons. The minimum atomic E-state index is -1.03. The number of benzene rings is 1. The quantitative estimate of drug-likeness (QED) is 0.506. The van der Waals surface area contributed by atoms with Crippen molar-refractivity contribution in [2.24, 2.45) is 0 Å². The lowest BCUT2D eigenvalue weighted by Gasteiger charge is -2.30. The maximum absolute atomic E-state index is 12.9. The van der Waals surface area contributed by atoms with Gasteiger partial charge in [0.15, 0.2) is 6.10 Å². The van der Waals surface area contributed by atoms with Crippen LogP contribution in [0, 0.1) is 0 Å². The average Bonchev–Trinajstić information content (AvgIpc) is 3.40. The van der Waals surface area contributed by atoms with Gasteiger partial charge in [0.25, 0.3) is 0 Å². The van der Waals surface area contributed by atoms with Gasteiger partial charge in [0.1, 0.15) is 11.1 Å². The van der Waals surface area contributed by atoms with E-state index >= 15 is 0 Å². The first-order chi connectivity index (χ1) is 13.0. The Balaban J connectivity index is 1.72. The van der Waals surface area contributed by atoms with E-state index in [9.17, 15) is 14.4 Å². The first-order valence-electron chi connectivity index (χ1n) is 9.54. The van der Waals surface area contributed by atoms with Crippen LogP contribution in [0.2, 0.25) is 0 Å². The molecule has 1 unspecified atom stereocenters. The van der Waals surface area contributed by atoms with Gasteiger partial charge in [-0.05, 0) is 76.6 Å². The van der Waals surface area contributed by atoms with Crippen LogP contribution < -0.4 is 0 Å². The van der Waals surface area contributed by atoms with E-state index in [0.717, 1.165) is 22.9 Å². The molecular weight excluding hydrogens is 426 g/mol. The van der Waals surface area contributed by atoms with Gasteiger partial charge in [-0.1, -0.05) is 15.9 Å². The van der Waals surface area contributed by atoms with Gasteiger partial charge in [-0.15, -0.1) is 0 Å². The smallest absolute Gasteiger partial charge is 0.410 e. The number of ether oxygens (including phenoxy) is 2. The van der Waals surface area contributed by atoms with Gasteiger partial charge in [0.05, 0.1) is 0 Å². The first kappa shape index (κ1) is 20.8. The SMILES string of the molecule is CN(C(=O)OC(C)(C)C)C1(C(=O)OC2CCCc3cc(Br)ccc3C2=O)CC1. The number of carbonyl (C=O) groups is 3. The van der Waals surface area contributed by atoms with E-state index in [2.05, 4.69) is 15.9 Å². The number of rotatable bonds is 3. The lowest BCUT2D eigenvalue weighted by Crippen LogP contribution is -2.48. The number of nitrogens with zero attached hydrogens (tertiary/aromatic N) is 1. The van der Waals surface area contributed by atoms with Gasteiger partial charge in [-0.3, -0.25) is 9.69 Å². The molecule has 2 aliphatic carbocycles. The molecule has 7 heteroatoms. The number of carbonyl (C=O) groups excluding carboxylic acids is 3. The molecule has 28 heavy (non-hydrogen) atoms. The molecule has 1 aromatic carbocycles. The number of hydrogen-bond acceptors (Lipinski definition) is 5. The van der Waals surface area contributed by atoms with Crippen LogP contribution in [0.5, 0.6) is 0 Å². The van der Waals surface area contributed by atoms with Gasteiger partial charge < -0.3 is 9.47 Å². The predicted molar refractivity (Wildman–Crippen MR) is 107 cm³/mol. The third-order valence-electron chi connectivity index (χ3n) is 5.20. The monoisotopic (exact) mass is 451 g/mol. The maximum atomic E-state index is 12.9. The predicted octanol–water partition coefficient (Wildman–Crippen LogP) is 4.28. The molecule has 0 saturated heterocycles. The minimum absolute atomic E-state index is 0.177. The number of likely N-dealkylation sites (N-methyl/N-ethyl adjacent to an activating group) is 1. The Kier molecular flexibility index (Phi) is 5.58. The van der Waals surface area contributed by atoms with E-state index in [-0.39, 0.29) is 5.78 Å². The molecule has 0 N–H and O–H groups in total. The standard InChI is InChI=1S/C21H26BrNO5/c1-20(2,3)28-19(26)23(4)21(10-11-21)18(25)27-16-7-5-6-13-12-14(22)8-9-15(13)17(16)24/h8-9,12,16H,5-7,10-11H2,1-4H3. The summed E-state index contributed by atoms with van der Waals surface area (Å²) in [6.07, 6.45) is 1.62. The average molecular weight is 452 g/mol. The van der Waals surface area contributed by atoms with E-state index in [4.69, 9.17) is 9.47 Å². The summed E-state index contributed by atoms with van der Waals surface area (Å²) in [7, 11) is 1.55. The maximum Gasteiger partial charge on any atom is 0.410 e. The summed E-state index contributed by atoms with van der Waals surface area (Å²) in [5.41, 5.74) is -0.119. The molecule has 0 spiro atoms. The number of fused-ring (bicyclic) bond motifs is 1. The topological polar surface area (TPSA) is 72.9 Å². The van der Waals surface area contributed by atoms with E-state index in [1.54, 1.807) is 33.9 Å². The summed E-state index contributed by atoms with van der Waals surface area (Å²) in [6, 6.07) is 5.53. The Morgan fingerprint density at radius 2 is 1.93 bits per heavy atom. The van der Waals surface area contributed by atoms with Crippen LogP contribution in [0.4, 0.5) is 4.79 Å². The van der Waals surface area contributed by atoms with Crippen LogP contribution in [-0.4, -0.2) is 47.0 Å². The van der Waals surface area contributed by atoms with Crippen molar-refractivity contribution in [1.29, 1.82) is 0 Å². The van der Waals surface area contributed by atoms with E-state index in [1.165, 1.54) is 4.90 Å². The van der Waals surface area contributed by atoms with Crippen LogP contribution >= 0.6 is 15.9 Å². The van der Waals surface area contributed by atoms with Crippen molar-refractivity contribution in [1.82, 2.24) is 4.90 Å². The van der Waals surface area contributed by atoms with Gasteiger partial charge in [0, 0.05) is 17.1 Å². The first-order valence-corrected chi connectivity index (χ1v) is 10.3. The molecule has 0 radical (unpaired) electrons. The Morgan fingerprint density at radius 1 is 1.25 bits per heavy atom. The molecule has 2 aliphatic rings. The van der Waals surface area contributed by atoms with Crippen molar-refractivity contribution in [2.45, 2.75) is 70.1 Å². The van der Waals surface area contributed by atoms with Crippen LogP contribution in [0.1, 0.15) is 62.4 Å². The van der Waals surface area contributed by atoms with E-state index < -0.39 is 29.3 Å². The molecule has 1 fully saturated rings. The van der Waals surface area contributed by atoms with E-state index in [1.807, 2.05) is 12.1 Å². The summed E-state index contributed by atoms with van der Waals surface area (Å²) in [5.74, 6) is -0.705. The molecular formula is C21H26BrNO5. The summed E-state index contributed by atoms with van der Waals surface area (Å²) in [4.78, 5) is 39.5. The lowest BCUT2D eigenvalue weighted by molar-refractivity contribution is -0.154. The highest BCUT2D eigenvalue weighted by atomic mass is 79.9. The van der Waals surface area contributed by atoms with Gasteiger partial charge in [-0.25, -0.2) is 9.59 Å². The van der Waals surface area contributed by atoms with Gasteiger partial charge in [-0.2, -0.15) is 0 Å². The highest BCUT2D eigenvalue weighted by Crippen LogP contribution is 2.43. The number of halogens is 1. The number of esters is 1. The largest absolute Gasteiger partial charge is 0.452 e. The Labute approximate surface area is 173 Å². The van der Waals surface area contributed by atoms with Crippen molar-refractivity contribution in [3.63, 3.8) is 0 Å². The van der Waals surface area contributed by atoms with Crippen LogP contribution in [0.3, 0.4) is 0 Å². The zero-order chi connectivity index (χ0) is 20.7. The van der Waals surface area contributed by atoms with Crippen molar-refractivity contribution >= 4 is 33.8 Å². The summed E-state index contributed by atoms with van der Waals surface area (Å²) < 4.78 is 11.9. The molecule has 0 aromatic heterocycles. The van der Waals surface area contributed by atoms with Gasteiger partial charge >= 0.3 is 12.1 Å². The number of amides is 1. The third-order valence-corrected chi connectivity index (χ3v) is 5.69. The lowest BCUT2D eigenvalue weighted by atomic mass is 10.0. The zero-order valence-electron chi connectivity index (χ0n) is 16.7. The summed E-state index contributed by atoms with van der Waals surface area (Å²) in [6.45, 7) is 5.32. The molecule has 1 atom stereocenters. The second-order valence-corrected chi connectivity index (χ2v) is 9.44. The second kappa shape index (κ2) is 7.50. The highest BCUT2D eigenvalue weighted by molar-refractivity contribution is 9.10. The van der Waals surface area contributed by atoms with E-state index in [0.29, 0.717) is 24.8 Å². The summed E-state index contributed by atoms with van der Waals surface area (Å²) in [5, 5.41) is 0. The Bertz CT molecular complexity index is 810.